The van der Waals surface area contributed by atoms with Gasteiger partial charge in [-0.2, -0.15) is 0 Å². The molecule has 2 aliphatic carbocycles. The van der Waals surface area contributed by atoms with Gasteiger partial charge in [-0.05, 0) is 68.9 Å². The van der Waals surface area contributed by atoms with Crippen LogP contribution in [0.1, 0.15) is 54.0 Å². The van der Waals surface area contributed by atoms with E-state index in [9.17, 15) is 4.79 Å². The molecule has 4 fully saturated rings. The molecule has 0 aromatic carbocycles. The third-order valence-corrected chi connectivity index (χ3v) is 6.41. The van der Waals surface area contributed by atoms with Crippen LogP contribution in [0.4, 0.5) is 0 Å². The molecule has 4 heterocycles. The highest BCUT2D eigenvalue weighted by atomic mass is 16.5. The summed E-state index contributed by atoms with van der Waals surface area (Å²) in [7, 11) is 0. The SMILES string of the molecule is Cc1ccc(OCc2cc(C(=O)N3CC4C[C@@H]5CC3C[C@H](C4)C5)no2)cn1. The zero-order chi connectivity index (χ0) is 18.4. The number of hydrogen-bond donors (Lipinski definition) is 0. The Labute approximate surface area is 158 Å². The van der Waals surface area contributed by atoms with Crippen molar-refractivity contribution < 1.29 is 14.1 Å². The van der Waals surface area contributed by atoms with Crippen molar-refractivity contribution >= 4 is 5.91 Å². The van der Waals surface area contributed by atoms with Gasteiger partial charge in [-0.25, -0.2) is 0 Å². The smallest absolute Gasteiger partial charge is 0.276 e. The second-order valence-corrected chi connectivity index (χ2v) is 8.49. The molecule has 6 heteroatoms. The summed E-state index contributed by atoms with van der Waals surface area (Å²) in [5, 5.41) is 4.03. The Bertz CT molecular complexity index is 817. The summed E-state index contributed by atoms with van der Waals surface area (Å²) >= 11 is 0. The number of aromatic nitrogens is 2. The zero-order valence-electron chi connectivity index (χ0n) is 15.6. The molecule has 142 valence electrons. The van der Waals surface area contributed by atoms with Crippen LogP contribution in [0.15, 0.2) is 28.9 Å². The Morgan fingerprint density at radius 2 is 1.96 bits per heavy atom. The molecule has 27 heavy (non-hydrogen) atoms. The summed E-state index contributed by atoms with van der Waals surface area (Å²) < 4.78 is 11.0. The summed E-state index contributed by atoms with van der Waals surface area (Å²) in [6.07, 6.45) is 7.95. The number of ether oxygens (including phenoxy) is 1. The lowest BCUT2D eigenvalue weighted by Crippen LogP contribution is -2.42. The quantitative estimate of drug-likeness (QED) is 0.826. The van der Waals surface area contributed by atoms with E-state index in [1.807, 2.05) is 19.1 Å². The van der Waals surface area contributed by atoms with Crippen molar-refractivity contribution in [2.75, 3.05) is 6.54 Å². The Morgan fingerprint density at radius 1 is 1.19 bits per heavy atom. The number of rotatable bonds is 4. The molecule has 2 saturated carbocycles. The van der Waals surface area contributed by atoms with E-state index in [0.29, 0.717) is 29.2 Å². The second kappa shape index (κ2) is 6.66. The van der Waals surface area contributed by atoms with Gasteiger partial charge in [0.2, 0.25) is 0 Å². The first kappa shape index (κ1) is 16.8. The van der Waals surface area contributed by atoms with E-state index in [-0.39, 0.29) is 12.5 Å². The van der Waals surface area contributed by atoms with E-state index in [4.69, 9.17) is 9.26 Å². The van der Waals surface area contributed by atoms with Gasteiger partial charge in [0.15, 0.2) is 11.5 Å². The molecule has 6 nitrogen and oxygen atoms in total. The highest BCUT2D eigenvalue weighted by Crippen LogP contribution is 2.47. The summed E-state index contributed by atoms with van der Waals surface area (Å²) in [6, 6.07) is 5.86. The van der Waals surface area contributed by atoms with Gasteiger partial charge < -0.3 is 14.2 Å². The summed E-state index contributed by atoms with van der Waals surface area (Å²) in [5.41, 5.74) is 1.34. The van der Waals surface area contributed by atoms with Crippen LogP contribution in [0.25, 0.3) is 0 Å². The van der Waals surface area contributed by atoms with Crippen LogP contribution in [0.2, 0.25) is 0 Å². The third kappa shape index (κ3) is 3.33. The van der Waals surface area contributed by atoms with E-state index in [0.717, 1.165) is 36.9 Å². The van der Waals surface area contributed by atoms with Crippen molar-refractivity contribution in [2.24, 2.45) is 17.8 Å². The maximum atomic E-state index is 13.1. The number of carbonyl (C=O) groups excluding carboxylic acids is 1. The van der Waals surface area contributed by atoms with Crippen LogP contribution in [-0.4, -0.2) is 33.5 Å². The minimum absolute atomic E-state index is 0.0141. The molecule has 2 aliphatic heterocycles. The highest BCUT2D eigenvalue weighted by molar-refractivity contribution is 5.92. The number of carbonyl (C=O) groups is 1. The molecule has 2 saturated heterocycles. The van der Waals surface area contributed by atoms with E-state index in [1.165, 1.54) is 19.3 Å². The minimum atomic E-state index is 0.0141. The van der Waals surface area contributed by atoms with Gasteiger partial charge >= 0.3 is 0 Å². The van der Waals surface area contributed by atoms with E-state index >= 15 is 0 Å². The maximum absolute atomic E-state index is 13.1. The molecular formula is C21H25N3O3. The Morgan fingerprint density at radius 3 is 2.70 bits per heavy atom. The van der Waals surface area contributed by atoms with E-state index in [1.54, 1.807) is 12.3 Å². The average molecular weight is 367 g/mol. The van der Waals surface area contributed by atoms with Crippen LogP contribution in [0, 0.1) is 24.7 Å². The summed E-state index contributed by atoms with van der Waals surface area (Å²) in [5.74, 6) is 3.53. The number of aryl methyl sites for hydroxylation is 1. The van der Waals surface area contributed by atoms with E-state index < -0.39 is 0 Å². The van der Waals surface area contributed by atoms with Crippen LogP contribution in [0.3, 0.4) is 0 Å². The molecule has 4 atom stereocenters. The number of nitrogens with zero attached hydrogens (tertiary/aromatic N) is 3. The number of hydrogen-bond acceptors (Lipinski definition) is 5. The van der Waals surface area contributed by atoms with Gasteiger partial charge in [-0.15, -0.1) is 0 Å². The number of pyridine rings is 1. The fourth-order valence-electron chi connectivity index (χ4n) is 5.36. The molecule has 0 N–H and O–H groups in total. The average Bonchev–Trinajstić information content (AvgIpc) is 3.04. The van der Waals surface area contributed by atoms with Crippen molar-refractivity contribution in [3.05, 3.63) is 41.5 Å². The lowest BCUT2D eigenvalue weighted by atomic mass is 9.68. The van der Waals surface area contributed by atoms with Gasteiger partial charge in [-0.1, -0.05) is 5.16 Å². The van der Waals surface area contributed by atoms with Gasteiger partial charge in [0.25, 0.3) is 5.91 Å². The topological polar surface area (TPSA) is 68.5 Å². The van der Waals surface area contributed by atoms with Crippen LogP contribution >= 0.6 is 0 Å². The highest BCUT2D eigenvalue weighted by Gasteiger charge is 2.44. The van der Waals surface area contributed by atoms with Crippen molar-refractivity contribution in [1.82, 2.24) is 15.0 Å². The molecule has 0 radical (unpaired) electrons. The maximum Gasteiger partial charge on any atom is 0.276 e. The Balaban J connectivity index is 1.26. The molecule has 1 amide bonds. The third-order valence-electron chi connectivity index (χ3n) is 6.41. The van der Waals surface area contributed by atoms with Crippen molar-refractivity contribution in [3.63, 3.8) is 0 Å². The second-order valence-electron chi connectivity index (χ2n) is 8.49. The van der Waals surface area contributed by atoms with Crippen molar-refractivity contribution in [2.45, 2.75) is 51.7 Å². The fourth-order valence-corrected chi connectivity index (χ4v) is 5.36. The number of fused-ring (bicyclic) bond motifs is 1. The largest absolute Gasteiger partial charge is 0.484 e. The fraction of sp³-hybridized carbons (Fsp3) is 0.571. The first-order valence-corrected chi connectivity index (χ1v) is 9.96. The van der Waals surface area contributed by atoms with Gasteiger partial charge in [0.1, 0.15) is 12.4 Å². The molecule has 4 aliphatic rings. The lowest BCUT2D eigenvalue weighted by molar-refractivity contribution is 0.0622. The predicted octanol–water partition coefficient (Wildman–Crippen LogP) is 3.61. The minimum Gasteiger partial charge on any atom is -0.484 e. The molecular weight excluding hydrogens is 342 g/mol. The zero-order valence-corrected chi connectivity index (χ0v) is 15.6. The Kier molecular flexibility index (Phi) is 4.14. The summed E-state index contributed by atoms with van der Waals surface area (Å²) in [4.78, 5) is 19.4. The standard InChI is InChI=1S/C21H25N3O3/c1-13-2-3-18(10-22-13)26-12-19-9-20(23-27-19)21(25)24-11-16-5-14-4-15(6-16)8-17(24)7-14/h2-3,9-10,14-17H,4-8,11-12H2,1H3/t14-,15+,16?,17?. The normalized spacial score (nSPS) is 29.0. The van der Waals surface area contributed by atoms with E-state index in [2.05, 4.69) is 15.0 Å². The first-order chi connectivity index (χ1) is 13.1. The lowest BCUT2D eigenvalue weighted by Gasteiger charge is -2.38. The van der Waals surface area contributed by atoms with Gasteiger partial charge in [-0.3, -0.25) is 9.78 Å². The molecule has 2 unspecified atom stereocenters. The van der Waals surface area contributed by atoms with Gasteiger partial charge in [0, 0.05) is 24.3 Å². The Hall–Kier alpha value is -2.37. The predicted molar refractivity (Wildman–Crippen MR) is 98.2 cm³/mol. The molecule has 6 rings (SSSR count). The van der Waals surface area contributed by atoms with Gasteiger partial charge in [0.05, 0.1) is 6.20 Å². The molecule has 4 bridgehead atoms. The summed E-state index contributed by atoms with van der Waals surface area (Å²) in [6.45, 7) is 3.05. The monoisotopic (exact) mass is 367 g/mol. The van der Waals surface area contributed by atoms with Crippen LogP contribution < -0.4 is 4.74 Å². The first-order valence-electron chi connectivity index (χ1n) is 9.96. The number of amides is 1. The van der Waals surface area contributed by atoms with Crippen LogP contribution in [-0.2, 0) is 6.61 Å². The molecule has 2 aromatic heterocycles. The van der Waals surface area contributed by atoms with Crippen LogP contribution in [0.5, 0.6) is 5.75 Å². The van der Waals surface area contributed by atoms with Crippen molar-refractivity contribution in [3.8, 4) is 5.75 Å². The molecule has 2 aromatic rings. The molecule has 0 spiro atoms. The van der Waals surface area contributed by atoms with Crippen molar-refractivity contribution in [1.29, 1.82) is 0 Å².